The van der Waals surface area contributed by atoms with Crippen LogP contribution in [0.1, 0.15) is 27.0 Å². The number of anilines is 1. The SMILES string of the molecule is CC(C)OC(=O)C(C)NP(=S)(OCC1(C(F)F)OC(n2cc(Cl)c(N)nc2=O)C(O)C1O)Oc1ccc2ccccc2c1. The maximum absolute atomic E-state index is 14.7. The fourth-order valence-electron chi connectivity index (χ4n) is 4.30. The van der Waals surface area contributed by atoms with Crippen molar-refractivity contribution in [2.45, 2.75) is 63.4 Å². The van der Waals surface area contributed by atoms with Crippen molar-refractivity contribution in [3.63, 3.8) is 0 Å². The summed E-state index contributed by atoms with van der Waals surface area (Å²) in [4.78, 5) is 28.5. The Morgan fingerprint density at radius 2 is 1.93 bits per heavy atom. The molecule has 2 aromatic carbocycles. The van der Waals surface area contributed by atoms with Gasteiger partial charge < -0.3 is 34.5 Å². The Labute approximate surface area is 254 Å². The fraction of sp³-hybridized carbons (Fsp3) is 0.423. The number of alkyl halides is 2. The molecule has 0 bridgehead atoms. The third kappa shape index (κ3) is 7.15. The summed E-state index contributed by atoms with van der Waals surface area (Å²) in [7, 11) is 0. The first-order valence-corrected chi connectivity index (χ1v) is 15.9. The van der Waals surface area contributed by atoms with Crippen molar-refractivity contribution >= 4 is 52.6 Å². The average Bonchev–Trinajstić information content (AvgIpc) is 3.19. The van der Waals surface area contributed by atoms with E-state index >= 15 is 0 Å². The lowest BCUT2D eigenvalue weighted by Crippen LogP contribution is -2.53. The van der Waals surface area contributed by atoms with Crippen molar-refractivity contribution in [2.24, 2.45) is 0 Å². The predicted molar refractivity (Wildman–Crippen MR) is 157 cm³/mol. The number of rotatable bonds is 11. The van der Waals surface area contributed by atoms with Gasteiger partial charge in [0.25, 0.3) is 6.43 Å². The van der Waals surface area contributed by atoms with E-state index in [4.69, 9.17) is 47.7 Å². The normalized spacial score (nSPS) is 24.3. The summed E-state index contributed by atoms with van der Waals surface area (Å²) in [6, 6.07) is 11.2. The molecule has 234 valence electrons. The number of esters is 1. The number of ether oxygens (including phenoxy) is 2. The van der Waals surface area contributed by atoms with Crippen LogP contribution in [0, 0.1) is 0 Å². The highest BCUT2D eigenvalue weighted by Gasteiger charge is 2.61. The highest BCUT2D eigenvalue weighted by molar-refractivity contribution is 8.09. The molecule has 1 saturated heterocycles. The first-order valence-electron chi connectivity index (χ1n) is 12.9. The van der Waals surface area contributed by atoms with Gasteiger partial charge in [0.1, 0.15) is 29.8 Å². The average molecular weight is 663 g/mol. The van der Waals surface area contributed by atoms with Gasteiger partial charge in [0.15, 0.2) is 11.8 Å². The summed E-state index contributed by atoms with van der Waals surface area (Å²) in [5, 5.41) is 25.7. The number of halogens is 3. The van der Waals surface area contributed by atoms with Crippen molar-refractivity contribution in [1.82, 2.24) is 14.6 Å². The predicted octanol–water partition coefficient (Wildman–Crippen LogP) is 3.14. The number of carbonyl (C=O) groups excluding carboxylic acids is 1. The summed E-state index contributed by atoms with van der Waals surface area (Å²) < 4.78 is 52.4. The van der Waals surface area contributed by atoms with Gasteiger partial charge in [-0.15, -0.1) is 0 Å². The Hall–Kier alpha value is -2.75. The Kier molecular flexibility index (Phi) is 10.1. The number of benzene rings is 2. The smallest absolute Gasteiger partial charge is 0.351 e. The molecule has 5 N–H and O–H groups in total. The molecule has 0 spiro atoms. The monoisotopic (exact) mass is 662 g/mol. The van der Waals surface area contributed by atoms with Crippen LogP contribution >= 0.6 is 18.2 Å². The first kappa shape index (κ1) is 33.1. The number of carbonyl (C=O) groups is 1. The second-order valence-corrected chi connectivity index (χ2v) is 13.6. The Balaban J connectivity index is 1.66. The van der Waals surface area contributed by atoms with Crippen LogP contribution in [0.4, 0.5) is 14.6 Å². The molecular formula is C26H30ClF2N4O8PS. The van der Waals surface area contributed by atoms with Gasteiger partial charge in [0.2, 0.25) is 0 Å². The van der Waals surface area contributed by atoms with Crippen LogP contribution in [0.2, 0.25) is 5.02 Å². The molecule has 12 nitrogen and oxygen atoms in total. The van der Waals surface area contributed by atoms with Crippen LogP contribution in [0.3, 0.4) is 0 Å². The number of hydrogen-bond donors (Lipinski definition) is 4. The first-order chi connectivity index (χ1) is 20.2. The van der Waals surface area contributed by atoms with Crippen molar-refractivity contribution < 1.29 is 42.3 Å². The van der Waals surface area contributed by atoms with Crippen molar-refractivity contribution in [1.29, 1.82) is 0 Å². The van der Waals surface area contributed by atoms with Crippen molar-refractivity contribution in [3.8, 4) is 5.75 Å². The van der Waals surface area contributed by atoms with Gasteiger partial charge in [-0.05, 0) is 55.5 Å². The maximum atomic E-state index is 14.7. The van der Waals surface area contributed by atoms with E-state index in [0.29, 0.717) is 4.57 Å². The van der Waals surface area contributed by atoms with E-state index in [1.54, 1.807) is 32.0 Å². The summed E-state index contributed by atoms with van der Waals surface area (Å²) in [6.45, 7) is -0.332. The number of fused-ring (bicyclic) bond motifs is 1. The van der Waals surface area contributed by atoms with Crippen LogP contribution in [0.15, 0.2) is 53.5 Å². The van der Waals surface area contributed by atoms with E-state index in [0.717, 1.165) is 17.0 Å². The number of hydrogen-bond acceptors (Lipinski definition) is 11. The molecule has 17 heteroatoms. The quantitative estimate of drug-likeness (QED) is 0.175. The molecule has 4 rings (SSSR count). The lowest BCUT2D eigenvalue weighted by Gasteiger charge is -2.34. The molecule has 1 aliphatic rings. The van der Waals surface area contributed by atoms with E-state index in [1.807, 2.05) is 24.3 Å². The van der Waals surface area contributed by atoms with E-state index in [2.05, 4.69) is 10.1 Å². The van der Waals surface area contributed by atoms with Gasteiger partial charge in [0.05, 0.1) is 17.7 Å². The molecule has 3 aromatic rings. The van der Waals surface area contributed by atoms with Crippen LogP contribution in [0.25, 0.3) is 10.8 Å². The van der Waals surface area contributed by atoms with Gasteiger partial charge >= 0.3 is 18.3 Å². The van der Waals surface area contributed by atoms with Gasteiger partial charge in [-0.3, -0.25) is 9.36 Å². The van der Waals surface area contributed by atoms with Crippen molar-refractivity contribution in [3.05, 3.63) is 64.2 Å². The zero-order chi connectivity index (χ0) is 31.7. The van der Waals surface area contributed by atoms with Crippen LogP contribution < -0.4 is 21.0 Å². The van der Waals surface area contributed by atoms with E-state index < -0.39 is 67.5 Å². The number of nitrogens with zero attached hydrogens (tertiary/aromatic N) is 2. The molecule has 0 aliphatic carbocycles. The Bertz CT molecular complexity index is 1600. The van der Waals surface area contributed by atoms with Gasteiger partial charge in [-0.2, -0.15) is 4.98 Å². The number of aromatic nitrogens is 2. The zero-order valence-corrected chi connectivity index (χ0v) is 25.6. The van der Waals surface area contributed by atoms with E-state index in [1.165, 1.54) is 6.92 Å². The Morgan fingerprint density at radius 1 is 1.26 bits per heavy atom. The molecule has 0 amide bonds. The number of nitrogens with two attached hydrogens (primary N) is 1. The summed E-state index contributed by atoms with van der Waals surface area (Å²) in [5.74, 6) is -0.842. The largest absolute Gasteiger partial charge is 0.462 e. The summed E-state index contributed by atoms with van der Waals surface area (Å²) >= 11 is 11.6. The highest BCUT2D eigenvalue weighted by atomic mass is 35.5. The fourth-order valence-corrected chi connectivity index (χ4v) is 6.86. The molecule has 6 unspecified atom stereocenters. The number of aliphatic hydroxyl groups is 2. The van der Waals surface area contributed by atoms with Crippen LogP contribution in [-0.2, 0) is 30.6 Å². The number of nitrogens with one attached hydrogen (secondary N) is 1. The van der Waals surface area contributed by atoms with Gasteiger partial charge in [0, 0.05) is 6.20 Å². The zero-order valence-electron chi connectivity index (χ0n) is 23.1. The minimum Gasteiger partial charge on any atom is -0.462 e. The minimum atomic E-state index is -3.91. The van der Waals surface area contributed by atoms with E-state index in [9.17, 15) is 28.6 Å². The Morgan fingerprint density at radius 3 is 2.58 bits per heavy atom. The standard InChI is InChI=1S/C26H30ClF2N4O8PS/c1-13(2)39-23(36)14(3)32-42(43,41-17-9-8-15-6-4-5-7-16(15)10-17)38-12-26(24(28)29)20(35)19(34)22(40-26)33-11-18(27)21(30)31-25(33)37/h4-11,13-14,19-20,22,24,34-35H,12H2,1-3H3,(H,32,43)(H2,30,31,37). The van der Waals surface area contributed by atoms with Crippen molar-refractivity contribution in [2.75, 3.05) is 12.3 Å². The van der Waals surface area contributed by atoms with Crippen LogP contribution in [0.5, 0.6) is 5.75 Å². The summed E-state index contributed by atoms with van der Waals surface area (Å²) in [5.41, 5.74) is 1.54. The molecule has 43 heavy (non-hydrogen) atoms. The molecular weight excluding hydrogens is 633 g/mol. The summed E-state index contributed by atoms with van der Waals surface area (Å²) in [6.07, 6.45) is -9.18. The third-order valence-electron chi connectivity index (χ3n) is 6.50. The van der Waals surface area contributed by atoms with Gasteiger partial charge in [-0.1, -0.05) is 41.9 Å². The lowest BCUT2D eigenvalue weighted by molar-refractivity contribution is -0.192. The number of nitrogen functional groups attached to an aromatic ring is 1. The molecule has 6 atom stereocenters. The van der Waals surface area contributed by atoms with Gasteiger partial charge in [-0.25, -0.2) is 18.7 Å². The second kappa shape index (κ2) is 13.1. The number of aliphatic hydroxyl groups excluding tert-OH is 2. The molecule has 0 radical (unpaired) electrons. The second-order valence-electron chi connectivity index (χ2n) is 10.1. The molecule has 1 fully saturated rings. The maximum Gasteiger partial charge on any atom is 0.351 e. The van der Waals surface area contributed by atoms with Crippen LogP contribution in [-0.4, -0.2) is 68.7 Å². The molecule has 2 heterocycles. The topological polar surface area (TPSA) is 167 Å². The third-order valence-corrected chi connectivity index (χ3v) is 9.27. The minimum absolute atomic E-state index is 0.199. The molecule has 1 aromatic heterocycles. The highest BCUT2D eigenvalue weighted by Crippen LogP contribution is 2.49. The lowest BCUT2D eigenvalue weighted by atomic mass is 9.96. The molecule has 1 aliphatic heterocycles. The van der Waals surface area contributed by atoms with E-state index in [-0.39, 0.29) is 16.6 Å². The molecule has 0 saturated carbocycles.